The maximum Gasteiger partial charge on any atom is 0.272 e. The number of hydrogen-bond donors (Lipinski definition) is 1. The minimum atomic E-state index is -0.239. The number of fused-ring (bicyclic) bond motifs is 1. The molecule has 1 amide bonds. The van der Waals surface area contributed by atoms with Crippen LogP contribution in [0.25, 0.3) is 5.65 Å². The number of hydrogen-bond acceptors (Lipinski definition) is 6. The second-order valence-corrected chi connectivity index (χ2v) is 9.21. The lowest BCUT2D eigenvalue weighted by Crippen LogP contribution is -2.33. The van der Waals surface area contributed by atoms with Crippen LogP contribution in [0, 0.1) is 13.8 Å². The normalized spacial score (nSPS) is 12.3. The summed E-state index contributed by atoms with van der Waals surface area (Å²) in [4.78, 5) is 19.3. The van der Waals surface area contributed by atoms with E-state index in [1.54, 1.807) is 21.9 Å². The molecule has 0 spiro atoms. The number of ether oxygens (including phenoxy) is 1. The third kappa shape index (κ3) is 5.97. The second kappa shape index (κ2) is 10.1. The number of nitrogens with one attached hydrogen (secondary N) is 1. The highest BCUT2D eigenvalue weighted by Gasteiger charge is 2.14. The van der Waals surface area contributed by atoms with Crippen molar-refractivity contribution in [3.05, 3.63) is 81.4 Å². The van der Waals surface area contributed by atoms with Gasteiger partial charge in [0.15, 0.2) is 11.3 Å². The van der Waals surface area contributed by atoms with E-state index in [-0.39, 0.29) is 12.0 Å². The average Bonchev–Trinajstić information content (AvgIpc) is 3.42. The van der Waals surface area contributed by atoms with E-state index in [9.17, 15) is 4.79 Å². The fraction of sp³-hybridized carbons (Fsp3) is 0.320. The third-order valence-corrected chi connectivity index (χ3v) is 5.97. The Hall–Kier alpha value is -3.23. The van der Waals surface area contributed by atoms with Gasteiger partial charge in [-0.2, -0.15) is 16.4 Å². The summed E-state index contributed by atoms with van der Waals surface area (Å²) < 4.78 is 7.74. The van der Waals surface area contributed by atoms with Crippen molar-refractivity contribution < 1.29 is 9.53 Å². The second-order valence-electron chi connectivity index (χ2n) is 8.43. The monoisotopic (exact) mass is 463 g/mol. The summed E-state index contributed by atoms with van der Waals surface area (Å²) >= 11 is 1.72. The third-order valence-electron chi connectivity index (χ3n) is 5.24. The van der Waals surface area contributed by atoms with Crippen LogP contribution >= 0.6 is 11.3 Å². The standard InChI is InChI=1S/C25H29N5O2S/c1-17-10-18(2)30-24(27-17)12-23(28-30)25(31)26-13-19(3)32-22-7-5-6-20(11-22)14-29(4)15-21-8-9-33-16-21/h5-12,16,19H,13-15H2,1-4H3,(H,26,31)/t19-/m0/s1. The summed E-state index contributed by atoms with van der Waals surface area (Å²) in [5.74, 6) is 0.554. The van der Waals surface area contributed by atoms with Crippen molar-refractivity contribution >= 4 is 22.9 Å². The van der Waals surface area contributed by atoms with Gasteiger partial charge in [-0.05, 0) is 74.0 Å². The Labute approximate surface area is 198 Å². The largest absolute Gasteiger partial charge is 0.489 e. The molecule has 7 nitrogen and oxygen atoms in total. The lowest BCUT2D eigenvalue weighted by Gasteiger charge is -2.18. The minimum absolute atomic E-state index is 0.188. The summed E-state index contributed by atoms with van der Waals surface area (Å²) in [5.41, 5.74) is 5.36. The van der Waals surface area contributed by atoms with Gasteiger partial charge in [0, 0.05) is 30.5 Å². The molecule has 0 radical (unpaired) electrons. The number of carbonyl (C=O) groups is 1. The van der Waals surface area contributed by atoms with Crippen LogP contribution in [0.3, 0.4) is 0 Å². The van der Waals surface area contributed by atoms with Crippen molar-refractivity contribution in [1.82, 2.24) is 24.8 Å². The summed E-state index contributed by atoms with van der Waals surface area (Å²) in [7, 11) is 2.11. The molecule has 0 aliphatic heterocycles. The van der Waals surface area contributed by atoms with Crippen molar-refractivity contribution in [2.24, 2.45) is 0 Å². The number of rotatable bonds is 9. The molecular formula is C25H29N5O2S. The van der Waals surface area contributed by atoms with Crippen LogP contribution in [0.15, 0.2) is 53.2 Å². The van der Waals surface area contributed by atoms with Crippen LogP contribution in [0.2, 0.25) is 0 Å². The van der Waals surface area contributed by atoms with Gasteiger partial charge in [-0.3, -0.25) is 9.69 Å². The van der Waals surface area contributed by atoms with Crippen LogP contribution in [0.4, 0.5) is 0 Å². The number of benzene rings is 1. The molecule has 0 unspecified atom stereocenters. The molecule has 1 aromatic carbocycles. The maximum atomic E-state index is 12.6. The molecule has 4 rings (SSSR count). The predicted octanol–water partition coefficient (Wildman–Crippen LogP) is 4.24. The molecule has 172 valence electrons. The molecule has 3 heterocycles. The Morgan fingerprint density at radius 2 is 2.00 bits per heavy atom. The van der Waals surface area contributed by atoms with Gasteiger partial charge in [-0.1, -0.05) is 12.1 Å². The van der Waals surface area contributed by atoms with E-state index in [2.05, 4.69) is 56.3 Å². The van der Waals surface area contributed by atoms with Crippen molar-refractivity contribution in [3.63, 3.8) is 0 Å². The topological polar surface area (TPSA) is 71.8 Å². The molecule has 1 N–H and O–H groups in total. The van der Waals surface area contributed by atoms with E-state index in [4.69, 9.17) is 4.74 Å². The van der Waals surface area contributed by atoms with Gasteiger partial charge in [0.2, 0.25) is 0 Å². The van der Waals surface area contributed by atoms with E-state index in [1.807, 2.05) is 39.0 Å². The number of thiophene rings is 1. The van der Waals surface area contributed by atoms with E-state index in [0.29, 0.717) is 17.9 Å². The van der Waals surface area contributed by atoms with E-state index in [0.717, 1.165) is 30.2 Å². The first-order valence-corrected chi connectivity index (χ1v) is 11.9. The number of carbonyl (C=O) groups excluding carboxylic acids is 1. The first kappa shape index (κ1) is 22.9. The van der Waals surface area contributed by atoms with Crippen LogP contribution in [-0.2, 0) is 13.1 Å². The quantitative estimate of drug-likeness (QED) is 0.402. The fourth-order valence-electron chi connectivity index (χ4n) is 3.78. The molecule has 0 aliphatic rings. The Bertz CT molecular complexity index is 1240. The van der Waals surface area contributed by atoms with Crippen LogP contribution in [-0.4, -0.2) is 45.1 Å². The molecule has 0 saturated carbocycles. The summed E-state index contributed by atoms with van der Waals surface area (Å²) in [6, 6.07) is 13.9. The molecule has 0 fully saturated rings. The Morgan fingerprint density at radius 3 is 2.79 bits per heavy atom. The number of nitrogens with zero attached hydrogens (tertiary/aromatic N) is 4. The molecule has 3 aromatic heterocycles. The number of aryl methyl sites for hydroxylation is 2. The van der Waals surface area contributed by atoms with Crippen molar-refractivity contribution in [2.75, 3.05) is 13.6 Å². The molecule has 0 saturated heterocycles. The maximum absolute atomic E-state index is 12.6. The molecule has 8 heteroatoms. The highest BCUT2D eigenvalue weighted by molar-refractivity contribution is 7.07. The van der Waals surface area contributed by atoms with Gasteiger partial charge in [0.1, 0.15) is 11.9 Å². The van der Waals surface area contributed by atoms with Crippen LogP contribution in [0.5, 0.6) is 5.75 Å². The highest BCUT2D eigenvalue weighted by Crippen LogP contribution is 2.17. The van der Waals surface area contributed by atoms with Gasteiger partial charge in [0.25, 0.3) is 5.91 Å². The first-order chi connectivity index (χ1) is 15.9. The van der Waals surface area contributed by atoms with Gasteiger partial charge >= 0.3 is 0 Å². The zero-order chi connectivity index (χ0) is 23.4. The lowest BCUT2D eigenvalue weighted by atomic mass is 10.2. The summed E-state index contributed by atoms with van der Waals surface area (Å²) in [6.07, 6.45) is -0.188. The molecule has 0 aliphatic carbocycles. The van der Waals surface area contributed by atoms with Crippen molar-refractivity contribution in [1.29, 1.82) is 0 Å². The average molecular weight is 464 g/mol. The Kier molecular flexibility index (Phi) is 7.05. The van der Waals surface area contributed by atoms with Gasteiger partial charge in [-0.25, -0.2) is 9.50 Å². The Morgan fingerprint density at radius 1 is 1.18 bits per heavy atom. The molecule has 1 atom stereocenters. The first-order valence-electron chi connectivity index (χ1n) is 10.9. The highest BCUT2D eigenvalue weighted by atomic mass is 32.1. The van der Waals surface area contributed by atoms with Gasteiger partial charge in [-0.15, -0.1) is 0 Å². The van der Waals surface area contributed by atoms with Gasteiger partial charge in [0.05, 0.1) is 6.54 Å². The van der Waals surface area contributed by atoms with E-state index >= 15 is 0 Å². The molecule has 33 heavy (non-hydrogen) atoms. The molecule has 0 bridgehead atoms. The summed E-state index contributed by atoms with van der Waals surface area (Å²) in [5, 5.41) is 11.6. The lowest BCUT2D eigenvalue weighted by molar-refractivity contribution is 0.0927. The van der Waals surface area contributed by atoms with Crippen molar-refractivity contribution in [3.8, 4) is 5.75 Å². The van der Waals surface area contributed by atoms with Crippen LogP contribution in [0.1, 0.15) is 39.9 Å². The zero-order valence-electron chi connectivity index (χ0n) is 19.4. The van der Waals surface area contributed by atoms with Gasteiger partial charge < -0.3 is 10.1 Å². The molecule has 4 aromatic rings. The zero-order valence-corrected chi connectivity index (χ0v) is 20.2. The molecular weight excluding hydrogens is 434 g/mol. The predicted molar refractivity (Wildman–Crippen MR) is 131 cm³/mol. The van der Waals surface area contributed by atoms with E-state index in [1.165, 1.54) is 11.1 Å². The number of aromatic nitrogens is 3. The minimum Gasteiger partial charge on any atom is -0.489 e. The Balaban J connectivity index is 1.30. The smallest absolute Gasteiger partial charge is 0.272 e. The summed E-state index contributed by atoms with van der Waals surface area (Å²) in [6.45, 7) is 7.93. The number of amides is 1. The SMILES string of the molecule is Cc1cc(C)n2nc(C(=O)NC[C@H](C)Oc3cccc(CN(C)Cc4ccsc4)c3)cc2n1. The van der Waals surface area contributed by atoms with Crippen LogP contribution < -0.4 is 10.1 Å². The van der Waals surface area contributed by atoms with E-state index < -0.39 is 0 Å². The fourth-order valence-corrected chi connectivity index (χ4v) is 4.44. The van der Waals surface area contributed by atoms with Crippen molar-refractivity contribution in [2.45, 2.75) is 40.0 Å².